The minimum Gasteiger partial charge on any atom is -0.347 e. The molecule has 1 aromatic heterocycles. The van der Waals surface area contributed by atoms with Gasteiger partial charge < -0.3 is 9.88 Å². The van der Waals surface area contributed by atoms with E-state index in [1.165, 1.54) is 55.0 Å². The average Bonchev–Trinajstić information content (AvgIpc) is 2.83. The van der Waals surface area contributed by atoms with Crippen molar-refractivity contribution >= 4 is 10.9 Å². The van der Waals surface area contributed by atoms with Gasteiger partial charge in [0.25, 0.3) is 0 Å². The van der Waals surface area contributed by atoms with Gasteiger partial charge in [0.2, 0.25) is 0 Å². The van der Waals surface area contributed by atoms with Gasteiger partial charge in [0, 0.05) is 23.6 Å². The Bertz CT molecular complexity index is 513. The molecule has 0 aliphatic rings. The Kier molecular flexibility index (Phi) is 6.13. The van der Waals surface area contributed by atoms with Crippen LogP contribution in [0, 0.1) is 0 Å². The summed E-state index contributed by atoms with van der Waals surface area (Å²) in [7, 11) is 2.03. The molecule has 0 radical (unpaired) electrons. The number of aromatic nitrogens is 1. The second-order valence-electron chi connectivity index (χ2n) is 5.63. The molecule has 0 saturated heterocycles. The molecule has 2 aromatic rings. The van der Waals surface area contributed by atoms with Crippen molar-refractivity contribution in [3.8, 4) is 0 Å². The Labute approximate surface area is 123 Å². The Hall–Kier alpha value is -1.28. The van der Waals surface area contributed by atoms with E-state index in [9.17, 15) is 0 Å². The molecule has 2 heteroatoms. The normalized spacial score (nSPS) is 11.3. The van der Waals surface area contributed by atoms with Crippen molar-refractivity contribution in [1.82, 2.24) is 9.88 Å². The van der Waals surface area contributed by atoms with Crippen molar-refractivity contribution in [2.45, 2.75) is 52.0 Å². The molecule has 0 atom stereocenters. The summed E-state index contributed by atoms with van der Waals surface area (Å²) >= 11 is 0. The maximum absolute atomic E-state index is 3.23. The van der Waals surface area contributed by atoms with Gasteiger partial charge in [0.15, 0.2) is 0 Å². The van der Waals surface area contributed by atoms with Crippen molar-refractivity contribution in [2.75, 3.05) is 13.6 Å². The molecule has 1 N–H and O–H groups in total. The molecule has 0 bridgehead atoms. The first-order valence-corrected chi connectivity index (χ1v) is 8.08. The number of aryl methyl sites for hydroxylation is 2. The molecule has 0 aliphatic carbocycles. The Morgan fingerprint density at radius 1 is 1.05 bits per heavy atom. The predicted molar refractivity (Wildman–Crippen MR) is 88.3 cm³/mol. The Morgan fingerprint density at radius 2 is 1.90 bits per heavy atom. The van der Waals surface area contributed by atoms with E-state index in [1.54, 1.807) is 0 Å². The largest absolute Gasteiger partial charge is 0.347 e. The van der Waals surface area contributed by atoms with Gasteiger partial charge in [-0.15, -0.1) is 0 Å². The minimum atomic E-state index is 1.12. The zero-order chi connectivity index (χ0) is 14.2. The highest BCUT2D eigenvalue weighted by atomic mass is 15.0. The number of para-hydroxylation sites is 1. The number of nitrogens with one attached hydrogen (secondary N) is 1. The third kappa shape index (κ3) is 3.86. The smallest absolute Gasteiger partial charge is 0.0483 e. The van der Waals surface area contributed by atoms with Gasteiger partial charge in [-0.2, -0.15) is 0 Å². The van der Waals surface area contributed by atoms with E-state index >= 15 is 0 Å². The van der Waals surface area contributed by atoms with Gasteiger partial charge in [-0.05, 0) is 50.9 Å². The van der Waals surface area contributed by atoms with Gasteiger partial charge in [0.05, 0.1) is 0 Å². The number of hydrogen-bond donors (Lipinski definition) is 1. The molecule has 20 heavy (non-hydrogen) atoms. The van der Waals surface area contributed by atoms with Gasteiger partial charge >= 0.3 is 0 Å². The first-order chi connectivity index (χ1) is 9.86. The van der Waals surface area contributed by atoms with Crippen LogP contribution >= 0.6 is 0 Å². The highest BCUT2D eigenvalue weighted by molar-refractivity contribution is 5.83. The van der Waals surface area contributed by atoms with Gasteiger partial charge in [-0.3, -0.25) is 0 Å². The fourth-order valence-electron chi connectivity index (χ4n) is 2.86. The van der Waals surface area contributed by atoms with Crippen LogP contribution in [0.1, 0.15) is 44.6 Å². The number of unbranched alkanes of at least 4 members (excludes halogenated alkanes) is 3. The first-order valence-electron chi connectivity index (χ1n) is 8.08. The fraction of sp³-hybridized carbons (Fsp3) is 0.556. The summed E-state index contributed by atoms with van der Waals surface area (Å²) < 4.78 is 2.46. The van der Waals surface area contributed by atoms with Crippen LogP contribution in [-0.2, 0) is 13.0 Å². The topological polar surface area (TPSA) is 17.0 Å². The summed E-state index contributed by atoms with van der Waals surface area (Å²) in [5, 5.41) is 4.68. The average molecular weight is 272 g/mol. The monoisotopic (exact) mass is 272 g/mol. The molecule has 0 aliphatic heterocycles. The molecule has 0 unspecified atom stereocenters. The maximum Gasteiger partial charge on any atom is 0.0483 e. The highest BCUT2D eigenvalue weighted by Crippen LogP contribution is 2.23. The molecule has 1 aromatic carbocycles. The highest BCUT2D eigenvalue weighted by Gasteiger charge is 2.07. The number of nitrogens with zero attached hydrogens (tertiary/aromatic N) is 1. The van der Waals surface area contributed by atoms with Crippen LogP contribution in [-0.4, -0.2) is 18.2 Å². The molecule has 0 fully saturated rings. The second kappa shape index (κ2) is 8.11. The molecule has 2 rings (SSSR count). The van der Waals surface area contributed by atoms with Gasteiger partial charge in [-0.1, -0.05) is 38.0 Å². The van der Waals surface area contributed by atoms with Gasteiger partial charge in [0.1, 0.15) is 0 Å². The summed E-state index contributed by atoms with van der Waals surface area (Å²) in [4.78, 5) is 0. The number of hydrogen-bond acceptors (Lipinski definition) is 1. The summed E-state index contributed by atoms with van der Waals surface area (Å²) in [6, 6.07) is 8.86. The SMILES string of the molecule is CCCCCn1cc(CCCCNC)c2ccccc21. The summed E-state index contributed by atoms with van der Waals surface area (Å²) in [6.45, 7) is 4.54. The predicted octanol–water partition coefficient (Wildman–Crippen LogP) is 4.37. The molecule has 0 amide bonds. The van der Waals surface area contributed by atoms with Crippen molar-refractivity contribution in [2.24, 2.45) is 0 Å². The number of benzene rings is 1. The lowest BCUT2D eigenvalue weighted by Crippen LogP contribution is -2.07. The van der Waals surface area contributed by atoms with E-state index in [1.807, 2.05) is 7.05 Å². The summed E-state index contributed by atoms with van der Waals surface area (Å²) in [5.74, 6) is 0. The summed E-state index contributed by atoms with van der Waals surface area (Å²) in [5.41, 5.74) is 2.93. The van der Waals surface area contributed by atoms with Crippen LogP contribution in [0.3, 0.4) is 0 Å². The van der Waals surface area contributed by atoms with E-state index in [0.717, 1.165) is 13.1 Å². The van der Waals surface area contributed by atoms with Crippen LogP contribution in [0.15, 0.2) is 30.5 Å². The van der Waals surface area contributed by atoms with Crippen molar-refractivity contribution in [1.29, 1.82) is 0 Å². The van der Waals surface area contributed by atoms with Crippen molar-refractivity contribution in [3.05, 3.63) is 36.0 Å². The summed E-state index contributed by atoms with van der Waals surface area (Å²) in [6.07, 6.45) is 10.0. The van der Waals surface area contributed by atoms with Crippen LogP contribution in [0.25, 0.3) is 10.9 Å². The van der Waals surface area contributed by atoms with Gasteiger partial charge in [-0.25, -0.2) is 0 Å². The molecule has 1 heterocycles. The fourth-order valence-corrected chi connectivity index (χ4v) is 2.86. The van der Waals surface area contributed by atoms with Crippen LogP contribution in [0.4, 0.5) is 0 Å². The standard InChI is InChI=1S/C18H28N2/c1-3-4-9-14-20-15-16(10-7-8-13-19-2)17-11-5-6-12-18(17)20/h5-6,11-12,15,19H,3-4,7-10,13-14H2,1-2H3. The maximum atomic E-state index is 3.23. The lowest BCUT2D eigenvalue weighted by molar-refractivity contribution is 0.614. The quantitative estimate of drug-likeness (QED) is 0.671. The van der Waals surface area contributed by atoms with E-state index in [0.29, 0.717) is 0 Å². The molecule has 0 saturated carbocycles. The first kappa shape index (κ1) is 15.1. The molecule has 110 valence electrons. The van der Waals surface area contributed by atoms with Crippen LogP contribution in [0.2, 0.25) is 0 Å². The minimum absolute atomic E-state index is 1.12. The zero-order valence-electron chi connectivity index (χ0n) is 13.0. The zero-order valence-corrected chi connectivity index (χ0v) is 13.0. The van der Waals surface area contributed by atoms with Crippen molar-refractivity contribution < 1.29 is 0 Å². The van der Waals surface area contributed by atoms with E-state index in [2.05, 4.69) is 47.3 Å². The third-order valence-corrected chi connectivity index (χ3v) is 4.00. The van der Waals surface area contributed by atoms with E-state index in [-0.39, 0.29) is 0 Å². The second-order valence-corrected chi connectivity index (χ2v) is 5.63. The number of rotatable bonds is 9. The van der Waals surface area contributed by atoms with Crippen LogP contribution in [0.5, 0.6) is 0 Å². The van der Waals surface area contributed by atoms with Crippen molar-refractivity contribution in [3.63, 3.8) is 0 Å². The van der Waals surface area contributed by atoms with E-state index in [4.69, 9.17) is 0 Å². The Balaban J connectivity index is 2.09. The third-order valence-electron chi connectivity index (χ3n) is 4.00. The lowest BCUT2D eigenvalue weighted by atomic mass is 10.1. The molecular weight excluding hydrogens is 244 g/mol. The molecular formula is C18H28N2. The lowest BCUT2D eigenvalue weighted by Gasteiger charge is -2.03. The van der Waals surface area contributed by atoms with E-state index < -0.39 is 0 Å². The molecule has 0 spiro atoms. The van der Waals surface area contributed by atoms with Crippen LogP contribution < -0.4 is 5.32 Å². The Morgan fingerprint density at radius 3 is 2.70 bits per heavy atom. The molecule has 2 nitrogen and oxygen atoms in total. The number of fused-ring (bicyclic) bond motifs is 1.